The first kappa shape index (κ1) is 17.3. The van der Waals surface area contributed by atoms with Crippen molar-refractivity contribution in [1.29, 1.82) is 0 Å². The predicted octanol–water partition coefficient (Wildman–Crippen LogP) is 4.26. The summed E-state index contributed by atoms with van der Waals surface area (Å²) >= 11 is 0. The molecule has 1 rings (SSSR count). The van der Waals surface area contributed by atoms with Crippen molar-refractivity contribution in [3.8, 4) is 0 Å². The summed E-state index contributed by atoms with van der Waals surface area (Å²) in [6.45, 7) is 5.18. The Morgan fingerprint density at radius 3 is 2.33 bits per heavy atom. The van der Waals surface area contributed by atoms with Crippen molar-refractivity contribution in [2.75, 3.05) is 6.54 Å². The summed E-state index contributed by atoms with van der Waals surface area (Å²) < 4.78 is 38.0. The zero-order valence-corrected chi connectivity index (χ0v) is 11.4. The molecule has 0 aliphatic rings. The van der Waals surface area contributed by atoms with E-state index < -0.39 is 11.7 Å². The Labute approximate surface area is 112 Å². The Morgan fingerprint density at radius 2 is 1.78 bits per heavy atom. The van der Waals surface area contributed by atoms with E-state index in [9.17, 15) is 13.2 Å². The van der Waals surface area contributed by atoms with E-state index in [-0.39, 0.29) is 19.0 Å². The van der Waals surface area contributed by atoms with Crippen LogP contribution in [0.15, 0.2) is 24.3 Å². The maximum atomic E-state index is 12.7. The molecule has 1 aromatic carbocycles. The van der Waals surface area contributed by atoms with Gasteiger partial charge in [0.25, 0.3) is 0 Å². The van der Waals surface area contributed by atoms with Gasteiger partial charge in [-0.1, -0.05) is 32.0 Å². The normalized spacial score (nSPS) is 11.4. The van der Waals surface area contributed by atoms with Crippen LogP contribution in [-0.2, 0) is 12.7 Å². The van der Waals surface area contributed by atoms with Crippen LogP contribution >= 0.6 is 12.4 Å². The number of rotatable bonds is 5. The van der Waals surface area contributed by atoms with E-state index in [4.69, 9.17) is 0 Å². The molecule has 0 amide bonds. The van der Waals surface area contributed by atoms with Gasteiger partial charge in [-0.3, -0.25) is 0 Å². The van der Waals surface area contributed by atoms with Crippen LogP contribution in [0.25, 0.3) is 0 Å². The smallest absolute Gasteiger partial charge is 0.313 e. The number of halogens is 4. The number of hydrogen-bond acceptors (Lipinski definition) is 1. The average molecular weight is 282 g/mol. The lowest BCUT2D eigenvalue weighted by Crippen LogP contribution is -2.19. The third-order valence-electron chi connectivity index (χ3n) is 2.54. The second-order valence-corrected chi connectivity index (χ2v) is 4.51. The SMILES string of the molecule is CC(C)CCNCc1ccccc1C(F)(F)F.Cl. The van der Waals surface area contributed by atoms with Crippen molar-refractivity contribution < 1.29 is 13.2 Å². The lowest BCUT2D eigenvalue weighted by molar-refractivity contribution is -0.138. The number of hydrogen-bond donors (Lipinski definition) is 1. The number of alkyl halides is 3. The highest BCUT2D eigenvalue weighted by Crippen LogP contribution is 2.31. The van der Waals surface area contributed by atoms with Crippen molar-refractivity contribution in [2.24, 2.45) is 5.92 Å². The van der Waals surface area contributed by atoms with Crippen LogP contribution < -0.4 is 5.32 Å². The highest BCUT2D eigenvalue weighted by molar-refractivity contribution is 5.85. The van der Waals surface area contributed by atoms with E-state index in [0.29, 0.717) is 11.5 Å². The standard InChI is InChI=1S/C13H18F3N.ClH/c1-10(2)7-8-17-9-11-5-3-4-6-12(11)13(14,15)16;/h3-6,10,17H,7-9H2,1-2H3;1H. The second kappa shape index (κ2) is 7.64. The minimum atomic E-state index is -4.27. The Morgan fingerprint density at radius 1 is 1.17 bits per heavy atom. The molecule has 104 valence electrons. The van der Waals surface area contributed by atoms with Crippen LogP contribution in [0.4, 0.5) is 13.2 Å². The van der Waals surface area contributed by atoms with Crippen LogP contribution in [-0.4, -0.2) is 6.54 Å². The van der Waals surface area contributed by atoms with Crippen molar-refractivity contribution in [3.63, 3.8) is 0 Å². The minimum Gasteiger partial charge on any atom is -0.313 e. The fourth-order valence-corrected chi connectivity index (χ4v) is 1.56. The lowest BCUT2D eigenvalue weighted by Gasteiger charge is -2.13. The van der Waals surface area contributed by atoms with Crippen LogP contribution in [0.3, 0.4) is 0 Å². The van der Waals surface area contributed by atoms with Crippen molar-refractivity contribution >= 4 is 12.4 Å². The molecule has 5 heteroatoms. The van der Waals surface area contributed by atoms with Crippen molar-refractivity contribution in [1.82, 2.24) is 5.32 Å². The van der Waals surface area contributed by atoms with Gasteiger partial charge in [-0.05, 0) is 30.5 Å². The largest absolute Gasteiger partial charge is 0.416 e. The first-order valence-electron chi connectivity index (χ1n) is 5.77. The molecular formula is C13H19ClF3N. The summed E-state index contributed by atoms with van der Waals surface area (Å²) in [6.07, 6.45) is -3.30. The predicted molar refractivity (Wildman–Crippen MR) is 69.9 cm³/mol. The lowest BCUT2D eigenvalue weighted by atomic mass is 10.1. The van der Waals surface area contributed by atoms with E-state index >= 15 is 0 Å². The summed E-state index contributed by atoms with van der Waals surface area (Å²) in [5.41, 5.74) is -0.235. The molecule has 0 saturated carbocycles. The summed E-state index contributed by atoms with van der Waals surface area (Å²) in [6, 6.07) is 5.69. The molecule has 0 fully saturated rings. The summed E-state index contributed by atoms with van der Waals surface area (Å²) in [4.78, 5) is 0. The Balaban J connectivity index is 0.00000289. The maximum Gasteiger partial charge on any atom is 0.416 e. The molecule has 1 nitrogen and oxygen atoms in total. The van der Waals surface area contributed by atoms with Crippen molar-refractivity contribution in [2.45, 2.75) is 33.0 Å². The molecular weight excluding hydrogens is 263 g/mol. The summed E-state index contributed by atoms with van der Waals surface area (Å²) in [7, 11) is 0. The van der Waals surface area contributed by atoms with Crippen LogP contribution in [0, 0.1) is 5.92 Å². The molecule has 18 heavy (non-hydrogen) atoms. The summed E-state index contributed by atoms with van der Waals surface area (Å²) in [5.74, 6) is 0.556. The van der Waals surface area contributed by atoms with E-state index in [1.54, 1.807) is 6.07 Å². The fraction of sp³-hybridized carbons (Fsp3) is 0.538. The van der Waals surface area contributed by atoms with Crippen LogP contribution in [0.2, 0.25) is 0 Å². The molecule has 0 atom stereocenters. The second-order valence-electron chi connectivity index (χ2n) is 4.51. The Hall–Kier alpha value is -0.740. The zero-order chi connectivity index (χ0) is 12.9. The molecule has 0 radical (unpaired) electrons. The minimum absolute atomic E-state index is 0. The van der Waals surface area contributed by atoms with Gasteiger partial charge in [0, 0.05) is 6.54 Å². The van der Waals surface area contributed by atoms with Crippen LogP contribution in [0.5, 0.6) is 0 Å². The highest BCUT2D eigenvalue weighted by Gasteiger charge is 2.32. The molecule has 0 saturated heterocycles. The molecule has 1 N–H and O–H groups in total. The monoisotopic (exact) mass is 281 g/mol. The third kappa shape index (κ3) is 5.74. The van der Waals surface area contributed by atoms with Gasteiger partial charge in [0.2, 0.25) is 0 Å². The van der Waals surface area contributed by atoms with Gasteiger partial charge >= 0.3 is 6.18 Å². The van der Waals surface area contributed by atoms with Gasteiger partial charge in [-0.2, -0.15) is 13.2 Å². The summed E-state index contributed by atoms with van der Waals surface area (Å²) in [5, 5.41) is 3.05. The molecule has 0 heterocycles. The molecule has 0 unspecified atom stereocenters. The maximum absolute atomic E-state index is 12.7. The molecule has 0 aliphatic carbocycles. The molecule has 0 aromatic heterocycles. The molecule has 0 bridgehead atoms. The Kier molecular flexibility index (Phi) is 7.33. The molecule has 0 spiro atoms. The fourth-order valence-electron chi connectivity index (χ4n) is 1.56. The quantitative estimate of drug-likeness (QED) is 0.795. The van der Waals surface area contributed by atoms with E-state index in [1.807, 2.05) is 0 Å². The van der Waals surface area contributed by atoms with Crippen molar-refractivity contribution in [3.05, 3.63) is 35.4 Å². The first-order chi connectivity index (χ1) is 7.91. The van der Waals surface area contributed by atoms with Gasteiger partial charge in [-0.15, -0.1) is 12.4 Å². The number of benzene rings is 1. The van der Waals surface area contributed by atoms with E-state index in [2.05, 4.69) is 19.2 Å². The zero-order valence-electron chi connectivity index (χ0n) is 10.6. The molecule has 0 aliphatic heterocycles. The topological polar surface area (TPSA) is 12.0 Å². The third-order valence-corrected chi connectivity index (χ3v) is 2.54. The molecule has 1 aromatic rings. The first-order valence-corrected chi connectivity index (χ1v) is 5.77. The number of nitrogens with one attached hydrogen (secondary N) is 1. The van der Waals surface area contributed by atoms with Gasteiger partial charge in [-0.25, -0.2) is 0 Å². The van der Waals surface area contributed by atoms with Gasteiger partial charge < -0.3 is 5.32 Å². The van der Waals surface area contributed by atoms with Crippen LogP contribution in [0.1, 0.15) is 31.4 Å². The Bertz CT molecular complexity index is 350. The highest BCUT2D eigenvalue weighted by atomic mass is 35.5. The van der Waals surface area contributed by atoms with Gasteiger partial charge in [0.05, 0.1) is 5.56 Å². The van der Waals surface area contributed by atoms with E-state index in [0.717, 1.165) is 19.0 Å². The van der Waals surface area contributed by atoms with E-state index in [1.165, 1.54) is 12.1 Å². The average Bonchev–Trinajstić information content (AvgIpc) is 2.23. The van der Waals surface area contributed by atoms with Gasteiger partial charge in [0.15, 0.2) is 0 Å². The van der Waals surface area contributed by atoms with Gasteiger partial charge in [0.1, 0.15) is 0 Å².